The molecule has 1 heterocycles. The first-order valence-electron chi connectivity index (χ1n) is 6.69. The van der Waals surface area contributed by atoms with Crippen LogP contribution in [-0.4, -0.2) is 26.3 Å². The van der Waals surface area contributed by atoms with Crippen molar-refractivity contribution in [2.45, 2.75) is 26.7 Å². The van der Waals surface area contributed by atoms with E-state index < -0.39 is 0 Å². The molecule has 0 radical (unpaired) electrons. The Morgan fingerprint density at radius 3 is 2.89 bits per heavy atom. The van der Waals surface area contributed by atoms with Gasteiger partial charge in [-0.15, -0.1) is 0 Å². The summed E-state index contributed by atoms with van der Waals surface area (Å²) >= 11 is 6.34. The predicted octanol–water partition coefficient (Wildman–Crippen LogP) is 3.21. The Morgan fingerprint density at radius 2 is 2.28 bits per heavy atom. The van der Waals surface area contributed by atoms with Gasteiger partial charge in [-0.3, -0.25) is 0 Å². The molecule has 1 N–H and O–H groups in total. The number of halogens is 1. The summed E-state index contributed by atoms with van der Waals surface area (Å²) in [6.07, 6.45) is 2.11. The molecule has 100 valence electrons. The van der Waals surface area contributed by atoms with Gasteiger partial charge < -0.3 is 10.1 Å². The molecule has 2 nitrogen and oxygen atoms in total. The van der Waals surface area contributed by atoms with Crippen LogP contribution < -0.4 is 5.32 Å². The van der Waals surface area contributed by atoms with Crippen LogP contribution in [0.1, 0.15) is 24.5 Å². The van der Waals surface area contributed by atoms with Gasteiger partial charge in [-0.25, -0.2) is 0 Å². The maximum Gasteiger partial charge on any atom is 0.0538 e. The molecule has 1 fully saturated rings. The molecular formula is C15H22ClNO. The van der Waals surface area contributed by atoms with E-state index in [1.54, 1.807) is 0 Å². The summed E-state index contributed by atoms with van der Waals surface area (Å²) in [5.74, 6) is 0. The van der Waals surface area contributed by atoms with E-state index in [0.717, 1.165) is 44.2 Å². The Labute approximate surface area is 115 Å². The van der Waals surface area contributed by atoms with Crippen LogP contribution in [0.2, 0.25) is 5.02 Å². The molecule has 1 aromatic carbocycles. The molecule has 1 atom stereocenters. The number of rotatable bonds is 5. The predicted molar refractivity (Wildman–Crippen MR) is 76.3 cm³/mol. The lowest BCUT2D eigenvalue weighted by Crippen LogP contribution is -2.36. The highest BCUT2D eigenvalue weighted by Gasteiger charge is 2.35. The van der Waals surface area contributed by atoms with Crippen LogP contribution in [-0.2, 0) is 11.2 Å². The van der Waals surface area contributed by atoms with E-state index in [2.05, 4.69) is 31.3 Å². The van der Waals surface area contributed by atoms with Crippen molar-refractivity contribution in [1.29, 1.82) is 0 Å². The standard InChI is InChI=1S/C15H22ClNO/c1-3-17-10-15(6-7-18-11-15)9-13-5-4-12(2)8-14(13)16/h4-5,8,17H,3,6-7,9-11H2,1-2H3. The third-order valence-corrected chi connectivity index (χ3v) is 4.06. The average molecular weight is 268 g/mol. The Bertz CT molecular complexity index is 399. The third kappa shape index (κ3) is 3.25. The van der Waals surface area contributed by atoms with Gasteiger partial charge in [0.15, 0.2) is 0 Å². The van der Waals surface area contributed by atoms with Crippen molar-refractivity contribution in [3.63, 3.8) is 0 Å². The number of hydrogen-bond donors (Lipinski definition) is 1. The number of aryl methyl sites for hydroxylation is 1. The SMILES string of the molecule is CCNCC1(Cc2ccc(C)cc2Cl)CCOC1. The summed E-state index contributed by atoms with van der Waals surface area (Å²) in [4.78, 5) is 0. The summed E-state index contributed by atoms with van der Waals surface area (Å²) in [5.41, 5.74) is 2.67. The highest BCUT2D eigenvalue weighted by atomic mass is 35.5. The molecule has 1 saturated heterocycles. The number of ether oxygens (including phenoxy) is 1. The van der Waals surface area contributed by atoms with Gasteiger partial charge >= 0.3 is 0 Å². The maximum atomic E-state index is 6.34. The normalized spacial score (nSPS) is 23.5. The Hall–Kier alpha value is -0.570. The molecule has 0 saturated carbocycles. The van der Waals surface area contributed by atoms with Crippen molar-refractivity contribution >= 4 is 11.6 Å². The first-order chi connectivity index (χ1) is 8.65. The van der Waals surface area contributed by atoms with E-state index in [9.17, 15) is 0 Å². The Morgan fingerprint density at radius 1 is 1.44 bits per heavy atom. The summed E-state index contributed by atoms with van der Waals surface area (Å²) in [6.45, 7) is 7.93. The minimum atomic E-state index is 0.217. The molecule has 0 spiro atoms. The summed E-state index contributed by atoms with van der Waals surface area (Å²) in [7, 11) is 0. The first kappa shape index (κ1) is 13.9. The van der Waals surface area contributed by atoms with E-state index in [4.69, 9.17) is 16.3 Å². The van der Waals surface area contributed by atoms with E-state index in [1.807, 2.05) is 6.07 Å². The second-order valence-electron chi connectivity index (χ2n) is 5.35. The lowest BCUT2D eigenvalue weighted by Gasteiger charge is -2.28. The van der Waals surface area contributed by atoms with E-state index in [-0.39, 0.29) is 5.41 Å². The van der Waals surface area contributed by atoms with Crippen molar-refractivity contribution in [3.05, 3.63) is 34.3 Å². The lowest BCUT2D eigenvalue weighted by atomic mass is 9.80. The molecule has 1 unspecified atom stereocenters. The maximum absolute atomic E-state index is 6.34. The second kappa shape index (κ2) is 6.05. The monoisotopic (exact) mass is 267 g/mol. The quantitative estimate of drug-likeness (QED) is 0.885. The minimum Gasteiger partial charge on any atom is -0.381 e. The molecule has 18 heavy (non-hydrogen) atoms. The molecule has 3 heteroatoms. The van der Waals surface area contributed by atoms with Crippen molar-refractivity contribution in [3.8, 4) is 0 Å². The van der Waals surface area contributed by atoms with E-state index in [1.165, 1.54) is 11.1 Å². The average Bonchev–Trinajstić information content (AvgIpc) is 2.80. The van der Waals surface area contributed by atoms with Crippen LogP contribution >= 0.6 is 11.6 Å². The zero-order chi connectivity index (χ0) is 13.0. The molecule has 0 amide bonds. The highest BCUT2D eigenvalue weighted by molar-refractivity contribution is 6.31. The molecule has 1 aliphatic heterocycles. The van der Waals surface area contributed by atoms with Crippen molar-refractivity contribution < 1.29 is 4.74 Å². The molecule has 0 aliphatic carbocycles. The van der Waals surface area contributed by atoms with Crippen LogP contribution in [0.3, 0.4) is 0 Å². The van der Waals surface area contributed by atoms with E-state index >= 15 is 0 Å². The van der Waals surface area contributed by atoms with Crippen molar-refractivity contribution in [2.24, 2.45) is 5.41 Å². The van der Waals surface area contributed by atoms with Gasteiger partial charge in [0.05, 0.1) is 6.61 Å². The summed E-state index contributed by atoms with van der Waals surface area (Å²) in [6, 6.07) is 6.34. The molecule has 0 aromatic heterocycles. The van der Waals surface area contributed by atoms with Crippen LogP contribution in [0, 0.1) is 12.3 Å². The van der Waals surface area contributed by atoms with Gasteiger partial charge in [0.2, 0.25) is 0 Å². The van der Waals surface area contributed by atoms with E-state index in [0.29, 0.717) is 0 Å². The number of hydrogen-bond acceptors (Lipinski definition) is 2. The summed E-state index contributed by atoms with van der Waals surface area (Å²) < 4.78 is 5.61. The van der Waals surface area contributed by atoms with Crippen molar-refractivity contribution in [2.75, 3.05) is 26.3 Å². The molecule has 1 aliphatic rings. The van der Waals surface area contributed by atoms with Gasteiger partial charge in [0, 0.05) is 23.6 Å². The van der Waals surface area contributed by atoms with Gasteiger partial charge in [-0.1, -0.05) is 30.7 Å². The fourth-order valence-corrected chi connectivity index (χ4v) is 2.88. The lowest BCUT2D eigenvalue weighted by molar-refractivity contribution is 0.149. The third-order valence-electron chi connectivity index (χ3n) is 3.71. The molecule has 1 aromatic rings. The fraction of sp³-hybridized carbons (Fsp3) is 0.600. The fourth-order valence-electron chi connectivity index (χ4n) is 2.58. The van der Waals surface area contributed by atoms with Crippen LogP contribution in [0.25, 0.3) is 0 Å². The van der Waals surface area contributed by atoms with Crippen molar-refractivity contribution in [1.82, 2.24) is 5.32 Å². The van der Waals surface area contributed by atoms with Gasteiger partial charge in [0.1, 0.15) is 0 Å². The van der Waals surface area contributed by atoms with Crippen LogP contribution in [0.15, 0.2) is 18.2 Å². The van der Waals surface area contributed by atoms with Crippen LogP contribution in [0.4, 0.5) is 0 Å². The largest absolute Gasteiger partial charge is 0.381 e. The van der Waals surface area contributed by atoms with Gasteiger partial charge in [-0.05, 0) is 43.5 Å². The minimum absolute atomic E-state index is 0.217. The second-order valence-corrected chi connectivity index (χ2v) is 5.76. The van der Waals surface area contributed by atoms with Crippen LogP contribution in [0.5, 0.6) is 0 Å². The van der Waals surface area contributed by atoms with Gasteiger partial charge in [0.25, 0.3) is 0 Å². The molecule has 2 rings (SSSR count). The Kier molecular flexibility index (Phi) is 4.66. The summed E-state index contributed by atoms with van der Waals surface area (Å²) in [5, 5.41) is 4.35. The molecule has 0 bridgehead atoms. The zero-order valence-corrected chi connectivity index (χ0v) is 12.0. The molecular weight excluding hydrogens is 246 g/mol. The highest BCUT2D eigenvalue weighted by Crippen LogP contribution is 2.34. The first-order valence-corrected chi connectivity index (χ1v) is 7.06. The van der Waals surface area contributed by atoms with Gasteiger partial charge in [-0.2, -0.15) is 0 Å². The zero-order valence-electron chi connectivity index (χ0n) is 11.3. The number of benzene rings is 1. The number of nitrogens with one attached hydrogen (secondary N) is 1. The Balaban J connectivity index is 2.13. The smallest absolute Gasteiger partial charge is 0.0538 e. The topological polar surface area (TPSA) is 21.3 Å².